The zero-order chi connectivity index (χ0) is 15.5. The molecule has 0 aromatic heterocycles. The zero-order valence-corrected chi connectivity index (χ0v) is 12.9. The summed E-state index contributed by atoms with van der Waals surface area (Å²) in [4.78, 5) is 6.77. The molecule has 4 nitrogen and oxygen atoms in total. The molecule has 1 unspecified atom stereocenters. The van der Waals surface area contributed by atoms with Gasteiger partial charge in [0, 0.05) is 11.1 Å². The van der Waals surface area contributed by atoms with Crippen LogP contribution in [0.3, 0.4) is 0 Å². The minimum atomic E-state index is -0.735. The number of nitrogens with zero attached hydrogens (tertiary/aromatic N) is 2. The third-order valence-electron chi connectivity index (χ3n) is 4.89. The summed E-state index contributed by atoms with van der Waals surface area (Å²) in [7, 11) is 2.02. The number of aromatic hydroxyl groups is 1. The summed E-state index contributed by atoms with van der Waals surface area (Å²) in [6, 6.07) is 13.2. The highest BCUT2D eigenvalue weighted by atomic mass is 16.5. The average Bonchev–Trinajstić information content (AvgIpc) is 2.67. The molecule has 1 atom stereocenters. The second-order valence-electron chi connectivity index (χ2n) is 6.37. The first-order valence-electron chi connectivity index (χ1n) is 7.36. The van der Waals surface area contributed by atoms with Gasteiger partial charge in [0.2, 0.25) is 5.72 Å². The smallest absolute Gasteiger partial charge is 0.227 e. The summed E-state index contributed by atoms with van der Waals surface area (Å²) in [5, 5.41) is 9.87. The van der Waals surface area contributed by atoms with Gasteiger partial charge in [-0.15, -0.1) is 0 Å². The van der Waals surface area contributed by atoms with E-state index in [1.165, 1.54) is 0 Å². The fourth-order valence-corrected chi connectivity index (χ4v) is 3.41. The van der Waals surface area contributed by atoms with Gasteiger partial charge in [-0.25, -0.2) is 0 Å². The molecule has 2 aliphatic heterocycles. The van der Waals surface area contributed by atoms with Crippen LogP contribution in [0.4, 0.5) is 5.69 Å². The Labute approximate surface area is 129 Å². The zero-order valence-electron chi connectivity index (χ0n) is 12.9. The fourth-order valence-electron chi connectivity index (χ4n) is 3.41. The van der Waals surface area contributed by atoms with Crippen LogP contribution in [0.5, 0.6) is 11.5 Å². The summed E-state index contributed by atoms with van der Waals surface area (Å²) in [6.07, 6.45) is 1.86. The Morgan fingerprint density at radius 1 is 1.09 bits per heavy atom. The highest BCUT2D eigenvalue weighted by molar-refractivity contribution is 5.81. The highest BCUT2D eigenvalue weighted by Crippen LogP contribution is 2.51. The second-order valence-corrected chi connectivity index (χ2v) is 6.37. The number of phenolic OH excluding ortho intramolecular Hbond substituents is 1. The Bertz CT molecular complexity index is 797. The van der Waals surface area contributed by atoms with Crippen molar-refractivity contribution < 1.29 is 9.84 Å². The van der Waals surface area contributed by atoms with Gasteiger partial charge < -0.3 is 9.84 Å². The topological polar surface area (TPSA) is 45.1 Å². The molecular formula is C18H18N2O2. The molecule has 1 spiro atoms. The van der Waals surface area contributed by atoms with Crippen molar-refractivity contribution in [3.8, 4) is 11.5 Å². The van der Waals surface area contributed by atoms with Gasteiger partial charge in [-0.05, 0) is 56.8 Å². The third kappa shape index (κ3) is 1.53. The van der Waals surface area contributed by atoms with Crippen molar-refractivity contribution >= 4 is 11.9 Å². The molecule has 0 aliphatic carbocycles. The molecule has 0 fully saturated rings. The van der Waals surface area contributed by atoms with Crippen LogP contribution in [0.15, 0.2) is 47.5 Å². The van der Waals surface area contributed by atoms with E-state index >= 15 is 0 Å². The maximum Gasteiger partial charge on any atom is 0.227 e. The largest absolute Gasteiger partial charge is 0.508 e. The normalized spacial score (nSPS) is 24.9. The molecule has 0 amide bonds. The number of fused-ring (bicyclic) bond motifs is 3. The predicted octanol–water partition coefficient (Wildman–Crippen LogP) is 3.52. The van der Waals surface area contributed by atoms with E-state index in [9.17, 15) is 5.11 Å². The van der Waals surface area contributed by atoms with Crippen molar-refractivity contribution in [2.45, 2.75) is 25.1 Å². The lowest BCUT2D eigenvalue weighted by Crippen LogP contribution is -2.51. The van der Waals surface area contributed by atoms with Gasteiger partial charge in [0.1, 0.15) is 17.2 Å². The fraction of sp³-hybridized carbons (Fsp3) is 0.278. The van der Waals surface area contributed by atoms with Crippen LogP contribution in [0.25, 0.3) is 0 Å². The Morgan fingerprint density at radius 2 is 1.86 bits per heavy atom. The Morgan fingerprint density at radius 3 is 2.68 bits per heavy atom. The van der Waals surface area contributed by atoms with E-state index in [4.69, 9.17) is 4.74 Å². The van der Waals surface area contributed by atoms with Gasteiger partial charge in [0.05, 0.1) is 6.21 Å². The Hall–Kier alpha value is -2.33. The predicted molar refractivity (Wildman–Crippen MR) is 85.8 cm³/mol. The highest BCUT2D eigenvalue weighted by Gasteiger charge is 2.55. The summed E-state index contributed by atoms with van der Waals surface area (Å²) in [5.74, 6) is 1.04. The molecule has 0 radical (unpaired) electrons. The molecule has 0 saturated heterocycles. The van der Waals surface area contributed by atoms with Gasteiger partial charge in [0.15, 0.2) is 0 Å². The Balaban J connectivity index is 1.95. The van der Waals surface area contributed by atoms with Crippen LogP contribution >= 0.6 is 0 Å². The minimum absolute atomic E-state index is 0.269. The van der Waals surface area contributed by atoms with Crippen LogP contribution in [0.1, 0.15) is 25.0 Å². The van der Waals surface area contributed by atoms with E-state index in [0.29, 0.717) is 0 Å². The number of ether oxygens (including phenoxy) is 1. The molecule has 2 aromatic rings. The van der Waals surface area contributed by atoms with Crippen molar-refractivity contribution in [2.75, 3.05) is 7.05 Å². The standard InChI is InChI=1S/C18H18N2O2/c1-17(2)14-10-12(21)8-9-13(14)18(20(17)3)11-19-15-6-4-5-7-16(15)22-18/h4-11,21H,1-3H3. The quantitative estimate of drug-likeness (QED) is 0.808. The van der Waals surface area contributed by atoms with Gasteiger partial charge in [0.25, 0.3) is 0 Å². The molecular weight excluding hydrogens is 276 g/mol. The molecule has 2 aromatic carbocycles. The second kappa shape index (κ2) is 4.11. The summed E-state index contributed by atoms with van der Waals surface area (Å²) >= 11 is 0. The molecule has 4 heteroatoms. The first-order chi connectivity index (χ1) is 10.4. The lowest BCUT2D eigenvalue weighted by atomic mass is 9.92. The molecule has 22 heavy (non-hydrogen) atoms. The minimum Gasteiger partial charge on any atom is -0.508 e. The molecule has 1 N–H and O–H groups in total. The monoisotopic (exact) mass is 294 g/mol. The SMILES string of the molecule is CN1C(C)(C)c2cc(O)ccc2C12C=Nc1ccccc1O2. The lowest BCUT2D eigenvalue weighted by molar-refractivity contribution is -0.0475. The summed E-state index contributed by atoms with van der Waals surface area (Å²) in [5.41, 5.74) is 1.91. The van der Waals surface area contributed by atoms with E-state index < -0.39 is 5.72 Å². The van der Waals surface area contributed by atoms with Gasteiger partial charge in [-0.1, -0.05) is 12.1 Å². The van der Waals surface area contributed by atoms with Gasteiger partial charge >= 0.3 is 0 Å². The van der Waals surface area contributed by atoms with Crippen LogP contribution in [0, 0.1) is 0 Å². The third-order valence-corrected chi connectivity index (χ3v) is 4.89. The van der Waals surface area contributed by atoms with Crippen LogP contribution in [-0.2, 0) is 11.3 Å². The first-order valence-corrected chi connectivity index (χ1v) is 7.36. The number of hydrogen-bond acceptors (Lipinski definition) is 4. The van der Waals surface area contributed by atoms with Crippen molar-refractivity contribution in [1.29, 1.82) is 0 Å². The average molecular weight is 294 g/mol. The van der Waals surface area contributed by atoms with Crippen molar-refractivity contribution in [1.82, 2.24) is 4.90 Å². The first kappa shape index (κ1) is 13.3. The Kier molecular flexibility index (Phi) is 2.49. The molecule has 112 valence electrons. The number of benzene rings is 2. The molecule has 0 bridgehead atoms. The maximum atomic E-state index is 9.87. The lowest BCUT2D eigenvalue weighted by Gasteiger charge is -2.41. The van der Waals surface area contributed by atoms with E-state index in [-0.39, 0.29) is 11.3 Å². The maximum absolute atomic E-state index is 9.87. The van der Waals surface area contributed by atoms with Crippen molar-refractivity contribution in [2.24, 2.45) is 4.99 Å². The summed E-state index contributed by atoms with van der Waals surface area (Å²) < 4.78 is 6.39. The van der Waals surface area contributed by atoms with Gasteiger partial charge in [-0.2, -0.15) is 0 Å². The van der Waals surface area contributed by atoms with E-state index in [0.717, 1.165) is 22.6 Å². The number of phenols is 1. The van der Waals surface area contributed by atoms with Crippen LogP contribution in [-0.4, -0.2) is 23.3 Å². The number of para-hydroxylation sites is 2. The van der Waals surface area contributed by atoms with Crippen LogP contribution < -0.4 is 4.74 Å². The van der Waals surface area contributed by atoms with E-state index in [1.807, 2.05) is 49.7 Å². The van der Waals surface area contributed by atoms with Crippen molar-refractivity contribution in [3.05, 3.63) is 53.6 Å². The molecule has 2 aliphatic rings. The molecule has 4 rings (SSSR count). The number of rotatable bonds is 0. The van der Waals surface area contributed by atoms with E-state index in [2.05, 4.69) is 23.7 Å². The van der Waals surface area contributed by atoms with E-state index in [1.54, 1.807) is 6.07 Å². The molecule has 0 saturated carbocycles. The number of aliphatic imine (C=N–C) groups is 1. The van der Waals surface area contributed by atoms with Crippen LogP contribution in [0.2, 0.25) is 0 Å². The van der Waals surface area contributed by atoms with Gasteiger partial charge in [-0.3, -0.25) is 9.89 Å². The molecule has 2 heterocycles. The number of hydrogen-bond donors (Lipinski definition) is 1. The summed E-state index contributed by atoms with van der Waals surface area (Å²) in [6.45, 7) is 4.25. The van der Waals surface area contributed by atoms with Crippen molar-refractivity contribution in [3.63, 3.8) is 0 Å².